The van der Waals surface area contributed by atoms with E-state index in [1.54, 1.807) is 34.7 Å². The van der Waals surface area contributed by atoms with Gasteiger partial charge in [-0.15, -0.1) is 5.10 Å². The van der Waals surface area contributed by atoms with Crippen LogP contribution in [0.3, 0.4) is 0 Å². The van der Waals surface area contributed by atoms with Gasteiger partial charge in [-0.05, 0) is 47.7 Å². The number of hydrogen-bond donors (Lipinski definition) is 0. The molecule has 0 saturated carbocycles. The Morgan fingerprint density at radius 2 is 2.04 bits per heavy atom. The van der Waals surface area contributed by atoms with E-state index in [1.165, 1.54) is 0 Å². The molecule has 2 amide bonds. The predicted octanol–water partition coefficient (Wildman–Crippen LogP) is 2.86. The molecular weight excluding hydrogens is 344 g/mol. The SMILES string of the molecule is Cc1ccc2c(c1)cc(CN(Cc1ccco1)C(=O)N(C)C)c1nnnn12. The maximum absolute atomic E-state index is 12.7. The highest BCUT2D eigenvalue weighted by molar-refractivity contribution is 5.84. The molecule has 0 atom stereocenters. The molecule has 1 aromatic carbocycles. The van der Waals surface area contributed by atoms with Crippen molar-refractivity contribution in [2.45, 2.75) is 20.0 Å². The first-order valence-corrected chi connectivity index (χ1v) is 8.62. The zero-order valence-corrected chi connectivity index (χ0v) is 15.5. The van der Waals surface area contributed by atoms with Crippen molar-refractivity contribution in [1.29, 1.82) is 0 Å². The second kappa shape index (κ2) is 6.71. The lowest BCUT2D eigenvalue weighted by atomic mass is 10.1. The Morgan fingerprint density at radius 1 is 1.19 bits per heavy atom. The van der Waals surface area contributed by atoms with Crippen LogP contribution in [0.25, 0.3) is 16.6 Å². The molecule has 4 rings (SSSR count). The Balaban J connectivity index is 1.78. The quantitative estimate of drug-likeness (QED) is 0.556. The first-order chi connectivity index (χ1) is 13.0. The summed E-state index contributed by atoms with van der Waals surface area (Å²) in [5.41, 5.74) is 3.60. The molecule has 138 valence electrons. The van der Waals surface area contributed by atoms with Crippen LogP contribution in [0, 0.1) is 6.92 Å². The summed E-state index contributed by atoms with van der Waals surface area (Å²) in [4.78, 5) is 16.0. The van der Waals surface area contributed by atoms with Gasteiger partial charge in [-0.1, -0.05) is 11.6 Å². The average Bonchev–Trinajstić information content (AvgIpc) is 3.32. The van der Waals surface area contributed by atoms with E-state index in [2.05, 4.69) is 21.6 Å². The zero-order chi connectivity index (χ0) is 19.0. The Labute approximate surface area is 156 Å². The minimum Gasteiger partial charge on any atom is -0.467 e. The molecule has 0 unspecified atom stereocenters. The number of pyridine rings is 1. The third-order valence-corrected chi connectivity index (χ3v) is 4.44. The number of furan rings is 1. The van der Waals surface area contributed by atoms with Gasteiger partial charge in [0, 0.05) is 25.0 Å². The first-order valence-electron chi connectivity index (χ1n) is 8.62. The molecule has 27 heavy (non-hydrogen) atoms. The van der Waals surface area contributed by atoms with Gasteiger partial charge in [0.25, 0.3) is 0 Å². The lowest BCUT2D eigenvalue weighted by Gasteiger charge is -2.25. The van der Waals surface area contributed by atoms with Crippen LogP contribution in [0.15, 0.2) is 47.1 Å². The molecule has 0 bridgehead atoms. The van der Waals surface area contributed by atoms with E-state index in [9.17, 15) is 4.79 Å². The molecule has 0 saturated heterocycles. The predicted molar refractivity (Wildman–Crippen MR) is 100 cm³/mol. The van der Waals surface area contributed by atoms with Crippen LogP contribution < -0.4 is 0 Å². The number of carbonyl (C=O) groups is 1. The van der Waals surface area contributed by atoms with Gasteiger partial charge >= 0.3 is 6.03 Å². The molecule has 0 fully saturated rings. The van der Waals surface area contributed by atoms with E-state index in [-0.39, 0.29) is 6.03 Å². The van der Waals surface area contributed by atoms with Crippen molar-refractivity contribution in [2.24, 2.45) is 0 Å². The van der Waals surface area contributed by atoms with E-state index in [0.717, 1.165) is 27.8 Å². The molecule has 3 heterocycles. The first kappa shape index (κ1) is 17.0. The van der Waals surface area contributed by atoms with Gasteiger partial charge in [0.05, 0.1) is 24.9 Å². The van der Waals surface area contributed by atoms with Crippen molar-refractivity contribution in [2.75, 3.05) is 14.1 Å². The number of aromatic nitrogens is 4. The molecule has 0 N–H and O–H groups in total. The summed E-state index contributed by atoms with van der Waals surface area (Å²) in [5, 5.41) is 13.2. The van der Waals surface area contributed by atoms with Crippen molar-refractivity contribution in [3.63, 3.8) is 0 Å². The fourth-order valence-electron chi connectivity index (χ4n) is 3.17. The van der Waals surface area contributed by atoms with Gasteiger partial charge in [0.1, 0.15) is 5.76 Å². The molecule has 3 aromatic heterocycles. The molecule has 0 spiro atoms. The number of nitrogens with zero attached hydrogens (tertiary/aromatic N) is 6. The molecular formula is C19H20N6O2. The van der Waals surface area contributed by atoms with Crippen LogP contribution in [0.4, 0.5) is 4.79 Å². The lowest BCUT2D eigenvalue weighted by molar-refractivity contribution is 0.161. The number of benzene rings is 1. The van der Waals surface area contributed by atoms with Crippen LogP contribution in [0.2, 0.25) is 0 Å². The monoisotopic (exact) mass is 364 g/mol. The van der Waals surface area contributed by atoms with E-state index < -0.39 is 0 Å². The number of carbonyl (C=O) groups excluding carboxylic acids is 1. The number of urea groups is 1. The van der Waals surface area contributed by atoms with Gasteiger partial charge in [0.2, 0.25) is 0 Å². The van der Waals surface area contributed by atoms with Gasteiger partial charge in [0.15, 0.2) is 5.65 Å². The number of aryl methyl sites for hydroxylation is 1. The normalized spacial score (nSPS) is 11.2. The third kappa shape index (κ3) is 3.21. The highest BCUT2D eigenvalue weighted by Gasteiger charge is 2.20. The van der Waals surface area contributed by atoms with E-state index >= 15 is 0 Å². The topological polar surface area (TPSA) is 79.8 Å². The summed E-state index contributed by atoms with van der Waals surface area (Å²) in [6.45, 7) is 2.77. The number of tetrazole rings is 1. The Hall–Kier alpha value is -3.42. The highest BCUT2D eigenvalue weighted by Crippen LogP contribution is 2.22. The van der Waals surface area contributed by atoms with Crippen LogP contribution in [0.5, 0.6) is 0 Å². The third-order valence-electron chi connectivity index (χ3n) is 4.44. The Morgan fingerprint density at radius 3 is 2.78 bits per heavy atom. The van der Waals surface area contributed by atoms with Crippen LogP contribution >= 0.6 is 0 Å². The standard InChI is InChI=1S/C19H20N6O2/c1-13-6-7-17-14(9-13)10-15(18-20-21-22-25(17)18)11-24(19(26)23(2)3)12-16-5-4-8-27-16/h4-10H,11-12H2,1-3H3. The van der Waals surface area contributed by atoms with Crippen LogP contribution in [-0.2, 0) is 13.1 Å². The second-order valence-electron chi connectivity index (χ2n) is 6.76. The van der Waals surface area contributed by atoms with E-state index in [0.29, 0.717) is 18.7 Å². The van der Waals surface area contributed by atoms with Crippen LogP contribution in [-0.4, -0.2) is 50.0 Å². The Bertz CT molecular complexity index is 1100. The van der Waals surface area contributed by atoms with Crippen molar-refractivity contribution in [3.05, 3.63) is 59.5 Å². The summed E-state index contributed by atoms with van der Waals surface area (Å²) in [7, 11) is 3.46. The smallest absolute Gasteiger partial charge is 0.320 e. The van der Waals surface area contributed by atoms with Gasteiger partial charge in [-0.25, -0.2) is 4.79 Å². The molecule has 4 aromatic rings. The minimum atomic E-state index is -0.110. The van der Waals surface area contributed by atoms with Gasteiger partial charge in [-0.3, -0.25) is 0 Å². The van der Waals surface area contributed by atoms with Crippen molar-refractivity contribution in [1.82, 2.24) is 29.8 Å². The summed E-state index contributed by atoms with van der Waals surface area (Å²) in [5.74, 6) is 0.720. The minimum absolute atomic E-state index is 0.110. The highest BCUT2D eigenvalue weighted by atomic mass is 16.3. The fraction of sp³-hybridized carbons (Fsp3) is 0.263. The van der Waals surface area contributed by atoms with Gasteiger partial charge < -0.3 is 14.2 Å². The van der Waals surface area contributed by atoms with Crippen molar-refractivity contribution >= 4 is 22.6 Å². The van der Waals surface area contributed by atoms with Crippen molar-refractivity contribution in [3.8, 4) is 0 Å². The van der Waals surface area contributed by atoms with Gasteiger partial charge in [-0.2, -0.15) is 4.52 Å². The zero-order valence-electron chi connectivity index (χ0n) is 15.5. The summed E-state index contributed by atoms with van der Waals surface area (Å²) in [6, 6.07) is 11.7. The van der Waals surface area contributed by atoms with E-state index in [4.69, 9.17) is 4.42 Å². The molecule has 8 nitrogen and oxygen atoms in total. The Kier molecular flexibility index (Phi) is 4.23. The summed E-state index contributed by atoms with van der Waals surface area (Å²) in [6.07, 6.45) is 1.60. The van der Waals surface area contributed by atoms with Crippen molar-refractivity contribution < 1.29 is 9.21 Å². The second-order valence-corrected chi connectivity index (χ2v) is 6.76. The number of rotatable bonds is 4. The maximum Gasteiger partial charge on any atom is 0.320 e. The summed E-state index contributed by atoms with van der Waals surface area (Å²) >= 11 is 0. The van der Waals surface area contributed by atoms with Crippen LogP contribution in [0.1, 0.15) is 16.9 Å². The molecule has 0 radical (unpaired) electrons. The molecule has 0 aliphatic heterocycles. The maximum atomic E-state index is 12.7. The summed E-state index contributed by atoms with van der Waals surface area (Å²) < 4.78 is 7.15. The number of fused-ring (bicyclic) bond motifs is 3. The molecule has 8 heteroatoms. The number of hydrogen-bond acceptors (Lipinski definition) is 5. The van der Waals surface area contributed by atoms with E-state index in [1.807, 2.05) is 37.3 Å². The largest absolute Gasteiger partial charge is 0.467 e. The molecule has 0 aliphatic rings. The molecule has 0 aliphatic carbocycles. The number of amides is 2. The lowest BCUT2D eigenvalue weighted by Crippen LogP contribution is -2.38. The fourth-order valence-corrected chi connectivity index (χ4v) is 3.17. The average molecular weight is 364 g/mol.